The zero-order valence-electron chi connectivity index (χ0n) is 6.41. The molecular formula is C9H10O2. The molecule has 0 bridgehead atoms. The highest BCUT2D eigenvalue weighted by Crippen LogP contribution is 2.27. The summed E-state index contributed by atoms with van der Waals surface area (Å²) < 4.78 is 10.5. The summed E-state index contributed by atoms with van der Waals surface area (Å²) in [6.07, 6.45) is 0.791. The average Bonchev–Trinajstić information content (AvgIpc) is 2.46. The topological polar surface area (TPSA) is 18.5 Å². The van der Waals surface area contributed by atoms with Crippen LogP contribution in [0.5, 0.6) is 5.75 Å². The van der Waals surface area contributed by atoms with E-state index in [1.807, 2.05) is 18.2 Å². The molecule has 2 heteroatoms. The summed E-state index contributed by atoms with van der Waals surface area (Å²) in [5.74, 6) is 0.958. The Bertz CT molecular complexity index is 232. The van der Waals surface area contributed by atoms with Crippen LogP contribution in [0.3, 0.4) is 0 Å². The van der Waals surface area contributed by atoms with Gasteiger partial charge >= 0.3 is 0 Å². The molecule has 0 fully saturated rings. The number of hydrogen-bond donors (Lipinski definition) is 0. The minimum Gasteiger partial charge on any atom is -0.464 e. The van der Waals surface area contributed by atoms with Crippen LogP contribution >= 0.6 is 0 Å². The first-order valence-electron chi connectivity index (χ1n) is 3.67. The fraction of sp³-hybridized carbons (Fsp3) is 0.333. The van der Waals surface area contributed by atoms with Gasteiger partial charge in [0.1, 0.15) is 5.75 Å². The number of methoxy groups -OCH3 is 1. The Hall–Kier alpha value is -1.02. The molecule has 1 unspecified atom stereocenters. The highest BCUT2D eigenvalue weighted by atomic mass is 16.7. The average molecular weight is 150 g/mol. The molecule has 0 aromatic heterocycles. The van der Waals surface area contributed by atoms with E-state index in [4.69, 9.17) is 9.47 Å². The van der Waals surface area contributed by atoms with Crippen LogP contribution in [0.4, 0.5) is 0 Å². The Morgan fingerprint density at radius 2 is 2.27 bits per heavy atom. The summed E-state index contributed by atoms with van der Waals surface area (Å²) in [5, 5.41) is 0. The predicted molar refractivity (Wildman–Crippen MR) is 41.6 cm³/mol. The molecule has 11 heavy (non-hydrogen) atoms. The zero-order valence-corrected chi connectivity index (χ0v) is 6.41. The molecule has 0 N–H and O–H groups in total. The van der Waals surface area contributed by atoms with Crippen LogP contribution in [0.25, 0.3) is 0 Å². The SMILES string of the molecule is COC1Cc2ccccc2O1. The highest BCUT2D eigenvalue weighted by Gasteiger charge is 2.20. The van der Waals surface area contributed by atoms with Crippen molar-refractivity contribution < 1.29 is 9.47 Å². The molecular weight excluding hydrogens is 140 g/mol. The van der Waals surface area contributed by atoms with Crippen molar-refractivity contribution in [3.63, 3.8) is 0 Å². The van der Waals surface area contributed by atoms with Gasteiger partial charge in [0.15, 0.2) is 0 Å². The lowest BCUT2D eigenvalue weighted by Gasteiger charge is -2.06. The van der Waals surface area contributed by atoms with E-state index in [1.54, 1.807) is 7.11 Å². The number of rotatable bonds is 1. The monoisotopic (exact) mass is 150 g/mol. The molecule has 2 nitrogen and oxygen atoms in total. The van der Waals surface area contributed by atoms with Gasteiger partial charge in [-0.3, -0.25) is 0 Å². The van der Waals surface area contributed by atoms with E-state index in [1.165, 1.54) is 5.56 Å². The van der Waals surface area contributed by atoms with Gasteiger partial charge in [0.05, 0.1) is 0 Å². The van der Waals surface area contributed by atoms with E-state index in [0.717, 1.165) is 12.2 Å². The van der Waals surface area contributed by atoms with Crippen molar-refractivity contribution in [1.29, 1.82) is 0 Å². The van der Waals surface area contributed by atoms with Crippen molar-refractivity contribution in [3.05, 3.63) is 29.8 Å². The molecule has 1 aliphatic rings. The normalized spacial score (nSPS) is 21.0. The molecule has 2 rings (SSSR count). The van der Waals surface area contributed by atoms with Crippen LogP contribution in [-0.2, 0) is 11.2 Å². The Balaban J connectivity index is 2.27. The van der Waals surface area contributed by atoms with Crippen LogP contribution in [0, 0.1) is 0 Å². The van der Waals surface area contributed by atoms with Gasteiger partial charge in [-0.2, -0.15) is 0 Å². The van der Waals surface area contributed by atoms with Crippen LogP contribution in [0.2, 0.25) is 0 Å². The summed E-state index contributed by atoms with van der Waals surface area (Å²) in [5.41, 5.74) is 1.24. The van der Waals surface area contributed by atoms with Crippen molar-refractivity contribution in [2.45, 2.75) is 12.7 Å². The van der Waals surface area contributed by atoms with E-state index in [9.17, 15) is 0 Å². The maximum absolute atomic E-state index is 5.43. The molecule has 1 aliphatic heterocycles. The van der Waals surface area contributed by atoms with E-state index in [2.05, 4.69) is 6.07 Å². The Kier molecular flexibility index (Phi) is 1.55. The number of hydrogen-bond acceptors (Lipinski definition) is 2. The quantitative estimate of drug-likeness (QED) is 0.605. The standard InChI is InChI=1S/C9H10O2/c1-10-9-6-7-4-2-3-5-8(7)11-9/h2-5,9H,6H2,1H3. The zero-order chi connectivity index (χ0) is 7.68. The van der Waals surface area contributed by atoms with Crippen LogP contribution in [-0.4, -0.2) is 13.4 Å². The van der Waals surface area contributed by atoms with Crippen molar-refractivity contribution in [1.82, 2.24) is 0 Å². The molecule has 1 aromatic carbocycles. The molecule has 0 radical (unpaired) electrons. The number of ether oxygens (including phenoxy) is 2. The lowest BCUT2D eigenvalue weighted by molar-refractivity contribution is -0.0367. The van der Waals surface area contributed by atoms with Gasteiger partial charge in [-0.1, -0.05) is 18.2 Å². The maximum atomic E-state index is 5.43. The first-order valence-corrected chi connectivity index (χ1v) is 3.67. The second kappa shape index (κ2) is 2.55. The minimum atomic E-state index is -0.0765. The summed E-state index contributed by atoms with van der Waals surface area (Å²) in [4.78, 5) is 0. The molecule has 0 spiro atoms. The summed E-state index contributed by atoms with van der Waals surface area (Å²) in [6.45, 7) is 0. The van der Waals surface area contributed by atoms with Gasteiger partial charge in [-0.05, 0) is 6.07 Å². The van der Waals surface area contributed by atoms with Crippen molar-refractivity contribution in [2.24, 2.45) is 0 Å². The van der Waals surface area contributed by atoms with E-state index in [-0.39, 0.29) is 6.29 Å². The predicted octanol–water partition coefficient (Wildman–Crippen LogP) is 1.59. The largest absolute Gasteiger partial charge is 0.464 e. The second-order valence-corrected chi connectivity index (χ2v) is 2.59. The maximum Gasteiger partial charge on any atom is 0.203 e. The van der Waals surface area contributed by atoms with Crippen molar-refractivity contribution in [2.75, 3.05) is 7.11 Å². The van der Waals surface area contributed by atoms with Gasteiger partial charge in [0.25, 0.3) is 0 Å². The lowest BCUT2D eigenvalue weighted by atomic mass is 10.2. The van der Waals surface area contributed by atoms with Crippen LogP contribution < -0.4 is 4.74 Å². The number of fused-ring (bicyclic) bond motifs is 1. The number of para-hydroxylation sites is 1. The Labute approximate surface area is 65.7 Å². The first kappa shape index (κ1) is 6.68. The summed E-state index contributed by atoms with van der Waals surface area (Å²) >= 11 is 0. The molecule has 58 valence electrons. The molecule has 1 atom stereocenters. The molecule has 1 heterocycles. The third-order valence-electron chi connectivity index (χ3n) is 1.88. The first-order chi connectivity index (χ1) is 5.40. The fourth-order valence-electron chi connectivity index (χ4n) is 1.28. The van der Waals surface area contributed by atoms with Crippen molar-refractivity contribution in [3.8, 4) is 5.75 Å². The van der Waals surface area contributed by atoms with E-state index < -0.39 is 0 Å². The van der Waals surface area contributed by atoms with Gasteiger partial charge < -0.3 is 9.47 Å². The third kappa shape index (κ3) is 1.10. The van der Waals surface area contributed by atoms with E-state index in [0.29, 0.717) is 0 Å². The van der Waals surface area contributed by atoms with E-state index >= 15 is 0 Å². The third-order valence-corrected chi connectivity index (χ3v) is 1.88. The van der Waals surface area contributed by atoms with Gasteiger partial charge in [0.2, 0.25) is 6.29 Å². The molecule has 0 amide bonds. The summed E-state index contributed by atoms with van der Waals surface area (Å²) in [7, 11) is 1.66. The minimum absolute atomic E-state index is 0.0765. The second-order valence-electron chi connectivity index (χ2n) is 2.59. The molecule has 0 saturated carbocycles. The van der Waals surface area contributed by atoms with Gasteiger partial charge in [-0.25, -0.2) is 0 Å². The van der Waals surface area contributed by atoms with Crippen molar-refractivity contribution >= 4 is 0 Å². The number of benzene rings is 1. The van der Waals surface area contributed by atoms with Crippen LogP contribution in [0.1, 0.15) is 5.56 Å². The van der Waals surface area contributed by atoms with Gasteiger partial charge in [0, 0.05) is 19.1 Å². The molecule has 0 saturated heterocycles. The smallest absolute Gasteiger partial charge is 0.203 e. The molecule has 0 aliphatic carbocycles. The molecule has 1 aromatic rings. The lowest BCUT2D eigenvalue weighted by Crippen LogP contribution is -2.14. The van der Waals surface area contributed by atoms with Gasteiger partial charge in [-0.15, -0.1) is 0 Å². The summed E-state index contributed by atoms with van der Waals surface area (Å²) in [6, 6.07) is 8.01. The fourth-order valence-corrected chi connectivity index (χ4v) is 1.28. The van der Waals surface area contributed by atoms with Crippen LogP contribution in [0.15, 0.2) is 24.3 Å². The Morgan fingerprint density at radius 3 is 3.00 bits per heavy atom. The Morgan fingerprint density at radius 1 is 1.45 bits per heavy atom. The highest BCUT2D eigenvalue weighted by molar-refractivity contribution is 5.36.